The molecular weight excluding hydrogens is 545 g/mol. The van der Waals surface area contributed by atoms with E-state index in [9.17, 15) is 29.7 Å². The standard InChI is InChI=1S/C22H33ClN5O9P/c23-21-26-18(25-13-3-1-2-4-13)14-7-24-28(19(14)27-21)20-17(31)16(30)15(37-20)9-36-22(10-29,38(32,33)34)11-35-8-12-5-6-12/h7,12-13,15-17,20,29-31H,1-6,8-11H2,(H,25,26,27)(H2,32,33,34)/t15-,16-,17-,20-,22+/m1/s1. The molecule has 6 N–H and O–H groups in total. The number of hydrogen-bond donors (Lipinski definition) is 6. The van der Waals surface area contributed by atoms with Crippen LogP contribution in [0.15, 0.2) is 6.20 Å². The number of fused-ring (bicyclic) bond motifs is 1. The van der Waals surface area contributed by atoms with E-state index in [0.29, 0.717) is 23.7 Å². The summed E-state index contributed by atoms with van der Waals surface area (Å²) in [5.74, 6) is 0.834. The summed E-state index contributed by atoms with van der Waals surface area (Å²) in [6, 6.07) is 0.248. The Kier molecular flexibility index (Phi) is 8.28. The van der Waals surface area contributed by atoms with Gasteiger partial charge in [-0.15, -0.1) is 0 Å². The molecule has 5 atom stereocenters. The van der Waals surface area contributed by atoms with Crippen LogP contribution in [0.25, 0.3) is 11.0 Å². The predicted octanol–water partition coefficient (Wildman–Crippen LogP) is 0.763. The van der Waals surface area contributed by atoms with E-state index in [0.717, 1.165) is 38.5 Å². The second-order valence-corrected chi connectivity index (χ2v) is 12.5. The van der Waals surface area contributed by atoms with Crippen molar-refractivity contribution in [2.75, 3.05) is 31.7 Å². The van der Waals surface area contributed by atoms with Gasteiger partial charge in [0.15, 0.2) is 11.9 Å². The second kappa shape index (κ2) is 11.2. The lowest BCUT2D eigenvalue weighted by molar-refractivity contribution is -0.130. The van der Waals surface area contributed by atoms with Crippen LogP contribution in [0.3, 0.4) is 0 Å². The Balaban J connectivity index is 1.32. The molecule has 3 heterocycles. The maximum Gasteiger partial charge on any atom is 0.361 e. The average molecular weight is 578 g/mol. The summed E-state index contributed by atoms with van der Waals surface area (Å²) >= 11 is 6.18. The molecule has 3 aliphatic rings. The van der Waals surface area contributed by atoms with Crippen LogP contribution in [0.4, 0.5) is 5.82 Å². The third-order valence-corrected chi connectivity index (χ3v) is 9.00. The Morgan fingerprint density at radius 1 is 1.16 bits per heavy atom. The van der Waals surface area contributed by atoms with Gasteiger partial charge in [0.25, 0.3) is 0 Å². The lowest BCUT2D eigenvalue weighted by atomic mass is 10.1. The van der Waals surface area contributed by atoms with Gasteiger partial charge in [-0.3, -0.25) is 4.57 Å². The zero-order valence-corrected chi connectivity index (χ0v) is 22.2. The summed E-state index contributed by atoms with van der Waals surface area (Å²) in [7, 11) is -5.01. The highest BCUT2D eigenvalue weighted by Crippen LogP contribution is 2.52. The van der Waals surface area contributed by atoms with Gasteiger partial charge < -0.3 is 44.6 Å². The maximum atomic E-state index is 12.2. The van der Waals surface area contributed by atoms with E-state index in [1.54, 1.807) is 0 Å². The van der Waals surface area contributed by atoms with Crippen molar-refractivity contribution in [1.29, 1.82) is 0 Å². The Morgan fingerprint density at radius 3 is 2.55 bits per heavy atom. The molecule has 14 nitrogen and oxygen atoms in total. The normalized spacial score (nSPS) is 28.3. The first-order valence-electron chi connectivity index (χ1n) is 12.7. The van der Waals surface area contributed by atoms with Crippen molar-refractivity contribution in [1.82, 2.24) is 19.7 Å². The number of anilines is 1. The zero-order valence-electron chi connectivity index (χ0n) is 20.6. The molecule has 0 amide bonds. The lowest BCUT2D eigenvalue weighted by Crippen LogP contribution is -2.45. The van der Waals surface area contributed by atoms with Gasteiger partial charge in [-0.2, -0.15) is 15.1 Å². The van der Waals surface area contributed by atoms with Gasteiger partial charge in [0, 0.05) is 12.6 Å². The number of ether oxygens (including phenoxy) is 3. The first-order valence-corrected chi connectivity index (χ1v) is 14.7. The van der Waals surface area contributed by atoms with E-state index in [-0.39, 0.29) is 17.0 Å². The minimum absolute atomic E-state index is 0.0340. The average Bonchev–Trinajstić information content (AvgIpc) is 3.24. The molecule has 3 fully saturated rings. The number of aromatic nitrogens is 4. The fourth-order valence-corrected chi connectivity index (χ4v) is 5.68. The molecule has 2 aromatic rings. The highest BCUT2D eigenvalue weighted by atomic mass is 35.5. The molecule has 0 aromatic carbocycles. The summed E-state index contributed by atoms with van der Waals surface area (Å²) in [6.07, 6.45) is 2.33. The first-order chi connectivity index (χ1) is 18.1. The summed E-state index contributed by atoms with van der Waals surface area (Å²) in [5.41, 5.74) is 0.275. The molecule has 212 valence electrons. The molecule has 5 rings (SSSR count). The zero-order chi connectivity index (χ0) is 27.1. The number of nitrogens with one attached hydrogen (secondary N) is 1. The fourth-order valence-electron chi connectivity index (χ4n) is 4.83. The van der Waals surface area contributed by atoms with Gasteiger partial charge in [-0.25, -0.2) is 4.68 Å². The lowest BCUT2D eigenvalue weighted by Gasteiger charge is -2.33. The van der Waals surface area contributed by atoms with Crippen LogP contribution in [-0.2, 0) is 18.8 Å². The van der Waals surface area contributed by atoms with Gasteiger partial charge in [-0.1, -0.05) is 12.8 Å². The van der Waals surface area contributed by atoms with E-state index in [1.165, 1.54) is 10.9 Å². The van der Waals surface area contributed by atoms with Gasteiger partial charge in [0.1, 0.15) is 24.1 Å². The summed E-state index contributed by atoms with van der Waals surface area (Å²) in [4.78, 5) is 28.4. The Bertz CT molecular complexity index is 1170. The van der Waals surface area contributed by atoms with E-state index in [2.05, 4.69) is 20.4 Å². The second-order valence-electron chi connectivity index (χ2n) is 10.3. The molecular formula is C22H33ClN5O9P. The van der Waals surface area contributed by atoms with Crippen molar-refractivity contribution in [3.63, 3.8) is 0 Å². The van der Waals surface area contributed by atoms with E-state index < -0.39 is 57.3 Å². The van der Waals surface area contributed by atoms with Gasteiger partial charge in [0.05, 0.1) is 31.4 Å². The molecule has 0 unspecified atom stereocenters. The minimum Gasteiger partial charge on any atom is -0.393 e. The van der Waals surface area contributed by atoms with Crippen LogP contribution < -0.4 is 5.32 Å². The molecule has 2 aliphatic carbocycles. The minimum atomic E-state index is -5.01. The number of halogens is 1. The summed E-state index contributed by atoms with van der Waals surface area (Å²) in [5, 5.41) is 37.2. The molecule has 16 heteroatoms. The molecule has 0 spiro atoms. The maximum absolute atomic E-state index is 12.2. The van der Waals surface area contributed by atoms with Gasteiger partial charge >= 0.3 is 7.60 Å². The Morgan fingerprint density at radius 2 is 1.89 bits per heavy atom. The largest absolute Gasteiger partial charge is 0.393 e. The number of aliphatic hydroxyl groups is 3. The van der Waals surface area contributed by atoms with Crippen LogP contribution in [0, 0.1) is 5.92 Å². The molecule has 1 aliphatic heterocycles. The fraction of sp³-hybridized carbons (Fsp3) is 0.773. The van der Waals surface area contributed by atoms with Crippen LogP contribution in [0.5, 0.6) is 0 Å². The highest BCUT2D eigenvalue weighted by Gasteiger charge is 2.51. The number of rotatable bonds is 12. The van der Waals surface area contributed by atoms with Crippen molar-refractivity contribution in [3.8, 4) is 0 Å². The van der Waals surface area contributed by atoms with Gasteiger partial charge in [-0.05, 0) is 43.2 Å². The predicted molar refractivity (Wildman–Crippen MR) is 133 cm³/mol. The van der Waals surface area contributed by atoms with E-state index in [4.69, 9.17) is 25.8 Å². The molecule has 2 saturated carbocycles. The number of nitrogens with zero attached hydrogens (tertiary/aromatic N) is 4. The third kappa shape index (κ3) is 5.71. The first kappa shape index (κ1) is 28.1. The van der Waals surface area contributed by atoms with Crippen molar-refractivity contribution >= 4 is 36.0 Å². The topological polar surface area (TPSA) is 202 Å². The van der Waals surface area contributed by atoms with Crippen molar-refractivity contribution in [2.24, 2.45) is 5.92 Å². The van der Waals surface area contributed by atoms with E-state index in [1.807, 2.05) is 0 Å². The van der Waals surface area contributed by atoms with Gasteiger partial charge in [0.2, 0.25) is 10.6 Å². The van der Waals surface area contributed by atoms with Crippen LogP contribution >= 0.6 is 19.2 Å². The highest BCUT2D eigenvalue weighted by molar-refractivity contribution is 7.53. The molecule has 0 radical (unpaired) electrons. The molecule has 0 bridgehead atoms. The van der Waals surface area contributed by atoms with Crippen molar-refractivity contribution in [2.45, 2.75) is 74.4 Å². The van der Waals surface area contributed by atoms with Crippen LogP contribution in [-0.4, -0.2) is 101 Å². The number of aliphatic hydroxyl groups excluding tert-OH is 3. The molecule has 1 saturated heterocycles. The Labute approximate surface area is 223 Å². The molecule has 38 heavy (non-hydrogen) atoms. The molecule has 2 aromatic heterocycles. The SMILES string of the molecule is O=P(O)(O)[C@@](CO)(COCC1CC1)OC[C@H]1O[C@@H](n2ncc3c(NC4CCCC4)nc(Cl)nc32)[C@H](O)[C@@H]1O. The smallest absolute Gasteiger partial charge is 0.361 e. The number of hydrogen-bond acceptors (Lipinski definition) is 11. The summed E-state index contributed by atoms with van der Waals surface area (Å²) in [6.45, 7) is -1.82. The monoisotopic (exact) mass is 577 g/mol. The van der Waals surface area contributed by atoms with Crippen molar-refractivity contribution in [3.05, 3.63) is 11.5 Å². The quantitative estimate of drug-likeness (QED) is 0.153. The van der Waals surface area contributed by atoms with Crippen molar-refractivity contribution < 1.29 is 43.9 Å². The van der Waals surface area contributed by atoms with Crippen LogP contribution in [0.1, 0.15) is 44.8 Å². The van der Waals surface area contributed by atoms with Crippen LogP contribution in [0.2, 0.25) is 5.28 Å². The van der Waals surface area contributed by atoms with E-state index >= 15 is 0 Å². The third-order valence-electron chi connectivity index (χ3n) is 7.37. The summed E-state index contributed by atoms with van der Waals surface area (Å²) < 4.78 is 30.3. The Hall–Kier alpha value is -1.45.